The average molecular weight is 495 g/mol. The molecule has 0 aromatic heterocycles. The van der Waals surface area contributed by atoms with Gasteiger partial charge in [-0.3, -0.25) is 0 Å². The van der Waals surface area contributed by atoms with E-state index >= 15 is 0 Å². The summed E-state index contributed by atoms with van der Waals surface area (Å²) in [6.07, 6.45) is 0. The molecule has 1 nitrogen and oxygen atoms in total. The fourth-order valence-corrected chi connectivity index (χ4v) is 7.76. The number of nitrogens with zero attached hydrogens (tertiary/aromatic N) is 1. The van der Waals surface area contributed by atoms with Crippen LogP contribution >= 0.6 is 0 Å². The van der Waals surface area contributed by atoms with Crippen molar-refractivity contribution in [1.29, 1.82) is 0 Å². The van der Waals surface area contributed by atoms with Gasteiger partial charge in [-0.1, -0.05) is 96.5 Å². The molecule has 0 unspecified atom stereocenters. The fraction of sp³-hybridized carbons (Fsp3) is 0.0811. The van der Waals surface area contributed by atoms with Gasteiger partial charge in [0, 0.05) is 16.8 Å². The van der Waals surface area contributed by atoms with Crippen LogP contribution in [0, 0.1) is 20.8 Å². The molecule has 0 spiro atoms. The van der Waals surface area contributed by atoms with E-state index in [4.69, 9.17) is 0 Å². The zero-order valence-corrected chi connectivity index (χ0v) is 22.3. The Bertz CT molecular complexity index is 2160. The lowest BCUT2D eigenvalue weighted by Crippen LogP contribution is -2.55. The van der Waals surface area contributed by atoms with Gasteiger partial charge in [-0.15, -0.1) is 0 Å². The minimum absolute atomic E-state index is 0.261. The summed E-state index contributed by atoms with van der Waals surface area (Å²) in [4.78, 5) is 2.59. The normalized spacial score (nSPS) is 13.4. The van der Waals surface area contributed by atoms with Gasteiger partial charge >= 0.3 is 0 Å². The first-order valence-corrected chi connectivity index (χ1v) is 13.9. The SMILES string of the molecule is Cc1c(C)c2c3c(c1C)N(c1ccc4ccc5cccc6ccc1c4c56)c1ccccc1B3c1ccccc1-2. The van der Waals surface area contributed by atoms with Gasteiger partial charge in [0.15, 0.2) is 0 Å². The third kappa shape index (κ3) is 2.52. The average Bonchev–Trinajstić information content (AvgIpc) is 3.33. The van der Waals surface area contributed by atoms with Crippen molar-refractivity contribution in [3.63, 3.8) is 0 Å². The highest BCUT2D eigenvalue weighted by molar-refractivity contribution is 7.01. The predicted octanol–water partition coefficient (Wildman–Crippen LogP) is 7.79. The van der Waals surface area contributed by atoms with Gasteiger partial charge in [0.05, 0.1) is 5.69 Å². The van der Waals surface area contributed by atoms with Crippen LogP contribution in [0.5, 0.6) is 0 Å². The Kier molecular flexibility index (Phi) is 4.00. The molecule has 2 aliphatic rings. The highest BCUT2D eigenvalue weighted by Gasteiger charge is 2.44. The first kappa shape index (κ1) is 21.4. The lowest BCUT2D eigenvalue weighted by Gasteiger charge is -2.38. The summed E-state index contributed by atoms with van der Waals surface area (Å²) < 4.78 is 0. The molecule has 2 aliphatic heterocycles. The Balaban J connectivity index is 1.46. The van der Waals surface area contributed by atoms with Crippen LogP contribution in [0.1, 0.15) is 16.7 Å². The Labute approximate surface area is 228 Å². The Hall–Kier alpha value is -4.56. The maximum atomic E-state index is 2.59. The van der Waals surface area contributed by atoms with E-state index in [9.17, 15) is 0 Å². The Morgan fingerprint density at radius 1 is 0.513 bits per heavy atom. The smallest absolute Gasteiger partial charge is 0.248 e. The largest absolute Gasteiger partial charge is 0.311 e. The molecule has 2 heterocycles. The molecule has 7 aromatic carbocycles. The summed E-state index contributed by atoms with van der Waals surface area (Å²) in [6, 6.07) is 38.7. The quantitative estimate of drug-likeness (QED) is 0.166. The highest BCUT2D eigenvalue weighted by Crippen LogP contribution is 2.48. The summed E-state index contributed by atoms with van der Waals surface area (Å²) in [5.74, 6) is 0. The summed E-state index contributed by atoms with van der Waals surface area (Å²) in [6.45, 7) is 7.21. The number of hydrogen-bond acceptors (Lipinski definition) is 1. The maximum absolute atomic E-state index is 2.59. The summed E-state index contributed by atoms with van der Waals surface area (Å²) in [5, 5.41) is 7.96. The van der Waals surface area contributed by atoms with Crippen LogP contribution in [0.3, 0.4) is 0 Å². The molecule has 39 heavy (non-hydrogen) atoms. The predicted molar refractivity (Wildman–Crippen MR) is 169 cm³/mol. The minimum Gasteiger partial charge on any atom is -0.311 e. The third-order valence-electron chi connectivity index (χ3n) is 9.67. The van der Waals surface area contributed by atoms with Crippen LogP contribution in [-0.2, 0) is 0 Å². The molecule has 0 N–H and O–H groups in total. The number of hydrogen-bond donors (Lipinski definition) is 0. The van der Waals surface area contributed by atoms with Crippen molar-refractivity contribution in [3.8, 4) is 11.1 Å². The zero-order valence-electron chi connectivity index (χ0n) is 22.3. The van der Waals surface area contributed by atoms with E-state index in [-0.39, 0.29) is 6.71 Å². The van der Waals surface area contributed by atoms with Crippen molar-refractivity contribution < 1.29 is 0 Å². The molecule has 7 aromatic rings. The fourth-order valence-electron chi connectivity index (χ4n) is 7.76. The number of para-hydroxylation sites is 1. The van der Waals surface area contributed by atoms with Gasteiger partial charge < -0.3 is 4.90 Å². The van der Waals surface area contributed by atoms with E-state index in [1.165, 1.54) is 93.6 Å². The monoisotopic (exact) mass is 495 g/mol. The number of anilines is 3. The molecule has 182 valence electrons. The second kappa shape index (κ2) is 7.30. The second-order valence-corrected chi connectivity index (χ2v) is 11.4. The van der Waals surface area contributed by atoms with Crippen molar-refractivity contribution in [2.75, 3.05) is 4.90 Å². The highest BCUT2D eigenvalue weighted by atomic mass is 15.2. The van der Waals surface area contributed by atoms with Gasteiger partial charge in [-0.05, 0) is 98.6 Å². The van der Waals surface area contributed by atoms with Gasteiger partial charge in [0.1, 0.15) is 0 Å². The molecule has 0 saturated heterocycles. The van der Waals surface area contributed by atoms with Crippen molar-refractivity contribution in [3.05, 3.63) is 120 Å². The molecule has 2 heteroatoms. The molecule has 0 amide bonds. The lowest BCUT2D eigenvalue weighted by atomic mass is 9.37. The zero-order chi connectivity index (χ0) is 26.0. The lowest BCUT2D eigenvalue weighted by molar-refractivity contribution is 1.22. The molecule has 9 rings (SSSR count). The molecular formula is C37H26BN. The van der Waals surface area contributed by atoms with Crippen molar-refractivity contribution in [2.45, 2.75) is 20.8 Å². The standard InChI is InChI=1S/C37H26BN/c1-21-22(2)33-27-11-4-5-12-29(27)38-30-13-6-7-14-32(30)39(37(23(21)3)36(33)38)31-20-18-26-16-15-24-9-8-10-25-17-19-28(31)35(26)34(24)25/h4-20H,1-3H3. The van der Waals surface area contributed by atoms with Gasteiger partial charge in [0.25, 0.3) is 0 Å². The van der Waals surface area contributed by atoms with E-state index in [1.54, 1.807) is 0 Å². The molecule has 0 bridgehead atoms. The number of benzene rings is 7. The van der Waals surface area contributed by atoms with E-state index in [0.29, 0.717) is 0 Å². The molecule has 0 saturated carbocycles. The van der Waals surface area contributed by atoms with Crippen molar-refractivity contribution in [2.24, 2.45) is 0 Å². The molecule has 0 radical (unpaired) electrons. The Morgan fingerprint density at radius 3 is 2.00 bits per heavy atom. The first-order chi connectivity index (χ1) is 19.1. The minimum atomic E-state index is 0.261. The van der Waals surface area contributed by atoms with Crippen LogP contribution in [0.4, 0.5) is 17.1 Å². The van der Waals surface area contributed by atoms with Gasteiger partial charge in [-0.2, -0.15) is 0 Å². The summed E-state index contributed by atoms with van der Waals surface area (Å²) in [7, 11) is 0. The number of fused-ring (bicyclic) bond motifs is 5. The summed E-state index contributed by atoms with van der Waals surface area (Å²) in [5.41, 5.74) is 15.2. The van der Waals surface area contributed by atoms with Gasteiger partial charge in [-0.25, -0.2) is 0 Å². The van der Waals surface area contributed by atoms with Crippen molar-refractivity contribution >= 4 is 72.5 Å². The number of rotatable bonds is 1. The first-order valence-electron chi connectivity index (χ1n) is 13.9. The van der Waals surface area contributed by atoms with E-state index in [0.717, 1.165) is 0 Å². The van der Waals surface area contributed by atoms with E-state index in [2.05, 4.69) is 129 Å². The van der Waals surface area contributed by atoms with Crippen LogP contribution in [0.2, 0.25) is 0 Å². The third-order valence-corrected chi connectivity index (χ3v) is 9.67. The molecule has 0 fully saturated rings. The van der Waals surface area contributed by atoms with E-state index in [1.807, 2.05) is 0 Å². The summed E-state index contributed by atoms with van der Waals surface area (Å²) >= 11 is 0. The Morgan fingerprint density at radius 2 is 1.18 bits per heavy atom. The van der Waals surface area contributed by atoms with Crippen molar-refractivity contribution in [1.82, 2.24) is 0 Å². The van der Waals surface area contributed by atoms with Crippen LogP contribution < -0.4 is 21.3 Å². The second-order valence-electron chi connectivity index (χ2n) is 11.4. The van der Waals surface area contributed by atoms with Crippen LogP contribution in [0.15, 0.2) is 103 Å². The van der Waals surface area contributed by atoms with E-state index < -0.39 is 0 Å². The molecule has 0 aliphatic carbocycles. The van der Waals surface area contributed by atoms with Crippen LogP contribution in [-0.4, -0.2) is 6.71 Å². The molecule has 0 atom stereocenters. The van der Waals surface area contributed by atoms with Gasteiger partial charge in [0.2, 0.25) is 6.71 Å². The van der Waals surface area contributed by atoms with Crippen LogP contribution in [0.25, 0.3) is 43.4 Å². The maximum Gasteiger partial charge on any atom is 0.248 e. The topological polar surface area (TPSA) is 3.24 Å². The molecular weight excluding hydrogens is 469 g/mol.